The first kappa shape index (κ1) is 19.8. The van der Waals surface area contributed by atoms with Crippen LogP contribution in [0, 0.1) is 15.9 Å². The number of nitrogens with zero attached hydrogens (tertiary/aromatic N) is 1. The van der Waals surface area contributed by atoms with Crippen molar-refractivity contribution < 1.29 is 28.4 Å². The number of nitro groups is 1. The maximum absolute atomic E-state index is 13.0. The Morgan fingerprint density at radius 3 is 2.41 bits per heavy atom. The largest absolute Gasteiger partial charge is 0.490 e. The summed E-state index contributed by atoms with van der Waals surface area (Å²) < 4.78 is 22.6. The predicted molar refractivity (Wildman–Crippen MR) is 93.0 cm³/mol. The Hall–Kier alpha value is -3.49. The normalized spacial score (nSPS) is 11.4. The molecule has 1 N–H and O–H groups in total. The van der Waals surface area contributed by atoms with Gasteiger partial charge < -0.3 is 14.8 Å². The van der Waals surface area contributed by atoms with Gasteiger partial charge in [-0.3, -0.25) is 14.9 Å². The van der Waals surface area contributed by atoms with Crippen LogP contribution < -0.4 is 10.1 Å². The van der Waals surface area contributed by atoms with E-state index in [1.807, 2.05) is 0 Å². The van der Waals surface area contributed by atoms with Crippen LogP contribution in [0.3, 0.4) is 0 Å². The van der Waals surface area contributed by atoms with E-state index in [2.05, 4.69) is 5.32 Å². The minimum absolute atomic E-state index is 0.0373. The molecule has 0 saturated carbocycles. The number of nitrogens with one attached hydrogen (secondary N) is 1. The average Bonchev–Trinajstić information content (AvgIpc) is 2.67. The number of rotatable bonds is 7. The fourth-order valence-corrected chi connectivity index (χ4v) is 2.42. The van der Waals surface area contributed by atoms with Gasteiger partial charge in [-0.05, 0) is 35.9 Å². The zero-order chi connectivity index (χ0) is 20.0. The number of methoxy groups -OCH3 is 2. The van der Waals surface area contributed by atoms with Crippen molar-refractivity contribution in [3.8, 4) is 5.75 Å². The molecule has 0 aliphatic heterocycles. The van der Waals surface area contributed by atoms with E-state index in [0.29, 0.717) is 5.56 Å². The van der Waals surface area contributed by atoms with Crippen LogP contribution in [-0.2, 0) is 16.0 Å². The van der Waals surface area contributed by atoms with E-state index in [-0.39, 0.29) is 23.4 Å². The summed E-state index contributed by atoms with van der Waals surface area (Å²) in [4.78, 5) is 34.8. The van der Waals surface area contributed by atoms with E-state index in [1.165, 1.54) is 31.4 Å². The number of halogens is 1. The summed E-state index contributed by atoms with van der Waals surface area (Å²) in [6.45, 7) is 0. The highest BCUT2D eigenvalue weighted by Crippen LogP contribution is 2.28. The number of hydrogen-bond donors (Lipinski definition) is 1. The number of amides is 1. The Morgan fingerprint density at radius 1 is 1.19 bits per heavy atom. The van der Waals surface area contributed by atoms with Gasteiger partial charge in [0.05, 0.1) is 19.1 Å². The second kappa shape index (κ2) is 8.75. The van der Waals surface area contributed by atoms with Crippen molar-refractivity contribution in [3.63, 3.8) is 0 Å². The molecule has 1 atom stereocenters. The van der Waals surface area contributed by atoms with Gasteiger partial charge >= 0.3 is 11.7 Å². The van der Waals surface area contributed by atoms with E-state index in [1.54, 1.807) is 6.07 Å². The number of ether oxygens (including phenoxy) is 2. The first-order chi connectivity index (χ1) is 12.8. The van der Waals surface area contributed by atoms with Crippen molar-refractivity contribution in [2.24, 2.45) is 0 Å². The van der Waals surface area contributed by atoms with Gasteiger partial charge in [0.15, 0.2) is 5.75 Å². The summed E-state index contributed by atoms with van der Waals surface area (Å²) in [5.41, 5.74) is 0.326. The van der Waals surface area contributed by atoms with Gasteiger partial charge in [-0.2, -0.15) is 0 Å². The van der Waals surface area contributed by atoms with Gasteiger partial charge in [0.25, 0.3) is 5.91 Å². The Labute approximate surface area is 154 Å². The Morgan fingerprint density at radius 2 is 1.85 bits per heavy atom. The quantitative estimate of drug-likeness (QED) is 0.451. The maximum atomic E-state index is 13.0. The van der Waals surface area contributed by atoms with E-state index >= 15 is 0 Å². The summed E-state index contributed by atoms with van der Waals surface area (Å²) in [5, 5.41) is 13.6. The van der Waals surface area contributed by atoms with Gasteiger partial charge in [-0.15, -0.1) is 0 Å². The molecule has 2 aromatic rings. The van der Waals surface area contributed by atoms with Crippen LogP contribution in [0.1, 0.15) is 15.9 Å². The molecule has 1 amide bonds. The Bertz CT molecular complexity index is 853. The molecule has 0 heterocycles. The van der Waals surface area contributed by atoms with Crippen molar-refractivity contribution >= 4 is 17.6 Å². The summed E-state index contributed by atoms with van der Waals surface area (Å²) >= 11 is 0. The number of carbonyl (C=O) groups excluding carboxylic acids is 2. The van der Waals surface area contributed by atoms with Gasteiger partial charge in [0, 0.05) is 18.1 Å². The lowest BCUT2D eigenvalue weighted by Gasteiger charge is -2.17. The molecule has 2 aromatic carbocycles. The van der Waals surface area contributed by atoms with Gasteiger partial charge in [0.1, 0.15) is 11.9 Å². The molecule has 0 radical (unpaired) electrons. The molecule has 8 nitrogen and oxygen atoms in total. The topological polar surface area (TPSA) is 108 Å². The number of benzene rings is 2. The highest BCUT2D eigenvalue weighted by molar-refractivity contribution is 5.96. The lowest BCUT2D eigenvalue weighted by Crippen LogP contribution is -2.43. The number of hydrogen-bond acceptors (Lipinski definition) is 6. The smallest absolute Gasteiger partial charge is 0.328 e. The van der Waals surface area contributed by atoms with E-state index < -0.39 is 28.7 Å². The molecule has 0 unspecified atom stereocenters. The molecule has 0 aromatic heterocycles. The van der Waals surface area contributed by atoms with Gasteiger partial charge in [0.2, 0.25) is 0 Å². The van der Waals surface area contributed by atoms with Crippen LogP contribution in [0.4, 0.5) is 10.1 Å². The molecule has 0 aliphatic rings. The Kier molecular flexibility index (Phi) is 6.42. The molecule has 2 rings (SSSR count). The summed E-state index contributed by atoms with van der Waals surface area (Å²) in [6, 6.07) is 7.92. The third-order valence-corrected chi connectivity index (χ3v) is 3.78. The van der Waals surface area contributed by atoms with Crippen LogP contribution in [-0.4, -0.2) is 37.1 Å². The summed E-state index contributed by atoms with van der Waals surface area (Å²) in [7, 11) is 2.47. The van der Waals surface area contributed by atoms with Crippen molar-refractivity contribution in [1.82, 2.24) is 5.32 Å². The second-order valence-corrected chi connectivity index (χ2v) is 5.52. The van der Waals surface area contributed by atoms with Gasteiger partial charge in [-0.25, -0.2) is 9.18 Å². The first-order valence-corrected chi connectivity index (χ1v) is 7.81. The third-order valence-electron chi connectivity index (χ3n) is 3.78. The molecule has 0 saturated heterocycles. The lowest BCUT2D eigenvalue weighted by molar-refractivity contribution is -0.385. The number of esters is 1. The zero-order valence-corrected chi connectivity index (χ0v) is 14.6. The van der Waals surface area contributed by atoms with Crippen molar-refractivity contribution in [2.75, 3.05) is 14.2 Å². The molecular formula is C18H17FN2O6. The van der Waals surface area contributed by atoms with Crippen LogP contribution in [0.5, 0.6) is 5.75 Å². The zero-order valence-electron chi connectivity index (χ0n) is 14.6. The molecule has 142 valence electrons. The highest BCUT2D eigenvalue weighted by atomic mass is 19.1. The summed E-state index contributed by atoms with van der Waals surface area (Å²) in [6.07, 6.45) is -0.0373. The standard InChI is InChI=1S/C18H17FN2O6/c1-26-16-8-3-11(10-15(16)21(24)25)9-14(18(23)27-2)20-17(22)12-4-6-13(19)7-5-12/h3-8,10,14H,9H2,1-2H3,(H,20,22)/t14-/m0/s1. The minimum Gasteiger partial charge on any atom is -0.490 e. The van der Waals surface area contributed by atoms with Crippen LogP contribution in [0.15, 0.2) is 42.5 Å². The fourth-order valence-electron chi connectivity index (χ4n) is 2.42. The van der Waals surface area contributed by atoms with Gasteiger partial charge in [-0.1, -0.05) is 6.07 Å². The summed E-state index contributed by atoms with van der Waals surface area (Å²) in [5.74, 6) is -1.74. The average molecular weight is 376 g/mol. The van der Waals surface area contributed by atoms with E-state index in [0.717, 1.165) is 19.2 Å². The van der Waals surface area contributed by atoms with Crippen LogP contribution in [0.2, 0.25) is 0 Å². The number of nitro benzene ring substituents is 1. The van der Waals surface area contributed by atoms with Crippen LogP contribution >= 0.6 is 0 Å². The fraction of sp³-hybridized carbons (Fsp3) is 0.222. The molecule has 0 aliphatic carbocycles. The van der Waals surface area contributed by atoms with E-state index in [4.69, 9.17) is 9.47 Å². The maximum Gasteiger partial charge on any atom is 0.328 e. The first-order valence-electron chi connectivity index (χ1n) is 7.81. The van der Waals surface area contributed by atoms with Crippen LogP contribution in [0.25, 0.3) is 0 Å². The highest BCUT2D eigenvalue weighted by Gasteiger charge is 2.24. The molecule has 0 fully saturated rings. The van der Waals surface area contributed by atoms with Crippen molar-refractivity contribution in [3.05, 3.63) is 69.5 Å². The molecule has 0 bridgehead atoms. The van der Waals surface area contributed by atoms with E-state index in [9.17, 15) is 24.1 Å². The molecule has 9 heteroatoms. The molecule has 27 heavy (non-hydrogen) atoms. The number of carbonyl (C=O) groups is 2. The monoisotopic (exact) mass is 376 g/mol. The third kappa shape index (κ3) is 5.00. The van der Waals surface area contributed by atoms with Crippen molar-refractivity contribution in [2.45, 2.75) is 12.5 Å². The second-order valence-electron chi connectivity index (χ2n) is 5.52. The molecular weight excluding hydrogens is 359 g/mol. The lowest BCUT2D eigenvalue weighted by atomic mass is 10.0. The minimum atomic E-state index is -1.08. The SMILES string of the molecule is COC(=O)[C@H](Cc1ccc(OC)c([N+](=O)[O-])c1)NC(=O)c1ccc(F)cc1. The molecule has 0 spiro atoms. The predicted octanol–water partition coefficient (Wildman–Crippen LogP) is 2.26. The Balaban J connectivity index is 2.23. The van der Waals surface area contributed by atoms with Crippen molar-refractivity contribution in [1.29, 1.82) is 0 Å².